The minimum atomic E-state index is -0.794. The summed E-state index contributed by atoms with van der Waals surface area (Å²) in [5.41, 5.74) is 1.62. The zero-order chi connectivity index (χ0) is 27.8. The fourth-order valence-electron chi connectivity index (χ4n) is 3.81. The molecule has 0 fully saturated rings. The monoisotopic (exact) mass is 539 g/mol. The van der Waals surface area contributed by atoms with Crippen LogP contribution in [0.3, 0.4) is 0 Å². The van der Waals surface area contributed by atoms with Gasteiger partial charge in [0.15, 0.2) is 17.2 Å². The van der Waals surface area contributed by atoms with Crippen molar-refractivity contribution < 1.29 is 33.0 Å². The first-order valence-corrected chi connectivity index (χ1v) is 12.9. The Bertz CT molecular complexity index is 1300. The Kier molecular flexibility index (Phi) is 10.0. The van der Waals surface area contributed by atoms with Gasteiger partial charge >= 0.3 is 11.9 Å². The van der Waals surface area contributed by atoms with Gasteiger partial charge in [-0.2, -0.15) is 0 Å². The number of ketones is 1. The van der Waals surface area contributed by atoms with Gasteiger partial charge in [-0.05, 0) is 43.2 Å². The standard InChI is InChI=1S/C29H30FNO6S/c1-17-15-22(30)11-12-25(17)38-28(21-9-7-6-8-10-21)19(3)36-29(34)18(2)16-23(33)26-27(37-20(4)32)24(35-5)13-14-31-26/h6-15,18-19,28H,16H2,1-5H3/t18-,19+,28+/m1/s1. The number of thioether (sulfide) groups is 1. The maximum Gasteiger partial charge on any atom is 0.309 e. The highest BCUT2D eigenvalue weighted by Gasteiger charge is 2.29. The summed E-state index contributed by atoms with van der Waals surface area (Å²) in [5, 5.41) is -0.275. The Morgan fingerprint density at radius 1 is 1.05 bits per heavy atom. The van der Waals surface area contributed by atoms with E-state index in [9.17, 15) is 18.8 Å². The van der Waals surface area contributed by atoms with Crippen molar-refractivity contribution in [1.29, 1.82) is 0 Å². The predicted octanol–water partition coefficient (Wildman–Crippen LogP) is 6.14. The van der Waals surface area contributed by atoms with Crippen molar-refractivity contribution in [1.82, 2.24) is 4.98 Å². The minimum Gasteiger partial charge on any atom is -0.493 e. The number of pyridine rings is 1. The van der Waals surface area contributed by atoms with Gasteiger partial charge in [0.25, 0.3) is 0 Å². The summed E-state index contributed by atoms with van der Waals surface area (Å²) < 4.78 is 29.8. The Morgan fingerprint density at radius 3 is 2.39 bits per heavy atom. The second-order valence-corrected chi connectivity index (χ2v) is 10.00. The fourth-order valence-corrected chi connectivity index (χ4v) is 5.02. The number of ether oxygens (including phenoxy) is 3. The largest absolute Gasteiger partial charge is 0.493 e. The molecule has 0 aliphatic heterocycles. The van der Waals surface area contributed by atoms with Crippen LogP contribution in [0, 0.1) is 18.7 Å². The van der Waals surface area contributed by atoms with Crippen molar-refractivity contribution >= 4 is 29.5 Å². The van der Waals surface area contributed by atoms with E-state index in [2.05, 4.69) is 4.98 Å². The zero-order valence-corrected chi connectivity index (χ0v) is 22.7. The average Bonchev–Trinajstić information content (AvgIpc) is 2.88. The van der Waals surface area contributed by atoms with Crippen LogP contribution in [0.4, 0.5) is 4.39 Å². The number of nitrogens with zero attached hydrogens (tertiary/aromatic N) is 1. The maximum absolute atomic E-state index is 13.6. The van der Waals surface area contributed by atoms with E-state index in [0.29, 0.717) is 0 Å². The van der Waals surface area contributed by atoms with Crippen LogP contribution in [0.1, 0.15) is 54.1 Å². The second kappa shape index (κ2) is 13.2. The number of hydrogen-bond acceptors (Lipinski definition) is 8. The zero-order valence-electron chi connectivity index (χ0n) is 21.9. The van der Waals surface area contributed by atoms with Crippen LogP contribution in [0.2, 0.25) is 0 Å². The number of aryl methyl sites for hydroxylation is 1. The lowest BCUT2D eigenvalue weighted by Crippen LogP contribution is -2.26. The molecule has 0 unspecified atom stereocenters. The maximum atomic E-state index is 13.6. The van der Waals surface area contributed by atoms with Gasteiger partial charge in [-0.1, -0.05) is 37.3 Å². The molecule has 0 bridgehead atoms. The number of methoxy groups -OCH3 is 1. The summed E-state index contributed by atoms with van der Waals surface area (Å²) in [6, 6.07) is 15.6. The Balaban J connectivity index is 1.76. The lowest BCUT2D eigenvalue weighted by Gasteiger charge is -2.26. The van der Waals surface area contributed by atoms with E-state index in [-0.39, 0.29) is 34.7 Å². The molecule has 1 aromatic heterocycles. The van der Waals surface area contributed by atoms with E-state index in [1.165, 1.54) is 50.2 Å². The highest BCUT2D eigenvalue weighted by Crippen LogP contribution is 2.40. The first kappa shape index (κ1) is 28.8. The van der Waals surface area contributed by atoms with Gasteiger partial charge in [0.05, 0.1) is 18.3 Å². The molecule has 3 aromatic rings. The highest BCUT2D eigenvalue weighted by molar-refractivity contribution is 7.99. The smallest absolute Gasteiger partial charge is 0.309 e. The van der Waals surface area contributed by atoms with Gasteiger partial charge in [0, 0.05) is 30.5 Å². The lowest BCUT2D eigenvalue weighted by molar-refractivity contribution is -0.152. The van der Waals surface area contributed by atoms with Crippen LogP contribution >= 0.6 is 11.8 Å². The van der Waals surface area contributed by atoms with Crippen molar-refractivity contribution in [2.75, 3.05) is 7.11 Å². The van der Waals surface area contributed by atoms with Gasteiger partial charge < -0.3 is 14.2 Å². The van der Waals surface area contributed by atoms with E-state index in [1.54, 1.807) is 19.9 Å². The Morgan fingerprint density at radius 2 is 1.76 bits per heavy atom. The predicted molar refractivity (Wildman–Crippen MR) is 142 cm³/mol. The SMILES string of the molecule is COc1ccnc(C(=O)C[C@@H](C)C(=O)O[C@@H](C)[C@H](Sc2ccc(F)cc2C)c2ccccc2)c1OC(C)=O. The van der Waals surface area contributed by atoms with Crippen LogP contribution < -0.4 is 9.47 Å². The third-order valence-electron chi connectivity index (χ3n) is 5.74. The summed E-state index contributed by atoms with van der Waals surface area (Å²) in [4.78, 5) is 42.5. The summed E-state index contributed by atoms with van der Waals surface area (Å²) >= 11 is 1.48. The first-order valence-electron chi connectivity index (χ1n) is 12.0. The molecule has 0 aliphatic carbocycles. The molecule has 0 saturated heterocycles. The molecular weight excluding hydrogens is 509 g/mol. The number of carbonyl (C=O) groups excluding carboxylic acids is 3. The second-order valence-electron chi connectivity index (χ2n) is 8.81. The lowest BCUT2D eigenvalue weighted by atomic mass is 10.0. The van der Waals surface area contributed by atoms with Crippen LogP contribution in [0.25, 0.3) is 0 Å². The third-order valence-corrected chi connectivity index (χ3v) is 7.36. The van der Waals surface area contributed by atoms with Gasteiger partial charge in [0.1, 0.15) is 11.9 Å². The van der Waals surface area contributed by atoms with Crippen molar-refractivity contribution in [2.45, 2.75) is 50.4 Å². The molecule has 0 amide bonds. The van der Waals surface area contributed by atoms with Crippen molar-refractivity contribution in [3.63, 3.8) is 0 Å². The third kappa shape index (κ3) is 7.41. The molecule has 2 aromatic carbocycles. The molecule has 200 valence electrons. The molecule has 0 aliphatic rings. The summed E-state index contributed by atoms with van der Waals surface area (Å²) in [6.45, 7) is 6.41. The Labute approximate surface area is 225 Å². The molecule has 0 saturated carbocycles. The van der Waals surface area contributed by atoms with Crippen molar-refractivity contribution in [2.24, 2.45) is 5.92 Å². The molecule has 3 rings (SSSR count). The van der Waals surface area contributed by atoms with Crippen LogP contribution in [0.15, 0.2) is 65.7 Å². The molecule has 0 N–H and O–H groups in total. The first-order chi connectivity index (χ1) is 18.1. The van der Waals surface area contributed by atoms with E-state index < -0.39 is 29.7 Å². The number of benzene rings is 2. The topological polar surface area (TPSA) is 91.8 Å². The van der Waals surface area contributed by atoms with Crippen molar-refractivity contribution in [3.05, 3.63) is 83.4 Å². The Hall–Kier alpha value is -3.72. The molecular formula is C29H30FNO6S. The number of Topliss-reactive ketones (excluding diaryl/α,β-unsaturated/α-hetero) is 1. The molecule has 38 heavy (non-hydrogen) atoms. The number of aromatic nitrogens is 1. The van der Waals surface area contributed by atoms with Crippen molar-refractivity contribution in [3.8, 4) is 11.5 Å². The normalized spacial score (nSPS) is 13.2. The van der Waals surface area contributed by atoms with E-state index in [4.69, 9.17) is 14.2 Å². The number of esters is 2. The summed E-state index contributed by atoms with van der Waals surface area (Å²) in [7, 11) is 1.38. The van der Waals surface area contributed by atoms with E-state index >= 15 is 0 Å². The van der Waals surface area contributed by atoms with Crippen LogP contribution in [-0.4, -0.2) is 35.9 Å². The molecule has 0 radical (unpaired) electrons. The number of halogens is 1. The molecule has 9 heteroatoms. The number of hydrogen-bond donors (Lipinski definition) is 0. The molecule has 3 atom stereocenters. The van der Waals surface area contributed by atoms with Gasteiger partial charge in [-0.25, -0.2) is 9.37 Å². The van der Waals surface area contributed by atoms with E-state index in [1.807, 2.05) is 37.3 Å². The number of rotatable bonds is 11. The molecule has 7 nitrogen and oxygen atoms in total. The molecule has 0 spiro atoms. The summed E-state index contributed by atoms with van der Waals surface area (Å²) in [5.74, 6) is -2.70. The average molecular weight is 540 g/mol. The van der Waals surface area contributed by atoms with Gasteiger partial charge in [0.2, 0.25) is 5.75 Å². The minimum absolute atomic E-state index is 0.0864. The van der Waals surface area contributed by atoms with Gasteiger partial charge in [-0.15, -0.1) is 11.8 Å². The quantitative estimate of drug-likeness (QED) is 0.163. The van der Waals surface area contributed by atoms with E-state index in [0.717, 1.165) is 16.0 Å². The van der Waals surface area contributed by atoms with Crippen LogP contribution in [0.5, 0.6) is 11.5 Å². The van der Waals surface area contributed by atoms with Gasteiger partial charge in [-0.3, -0.25) is 14.4 Å². The highest BCUT2D eigenvalue weighted by atomic mass is 32.2. The summed E-state index contributed by atoms with van der Waals surface area (Å²) in [6.07, 6.45) is 0.590. The fraction of sp³-hybridized carbons (Fsp3) is 0.310. The number of carbonyl (C=O) groups is 3. The molecule has 1 heterocycles. The van der Waals surface area contributed by atoms with Crippen LogP contribution in [-0.2, 0) is 14.3 Å².